The molecule has 1 spiro atoms. The van der Waals surface area contributed by atoms with Gasteiger partial charge in [-0.1, -0.05) is 18.6 Å². The fourth-order valence-electron chi connectivity index (χ4n) is 1.92. The first-order valence-electron chi connectivity index (χ1n) is 4.02. The first-order chi connectivity index (χ1) is 4.83. The van der Waals surface area contributed by atoms with Crippen molar-refractivity contribution < 1.29 is 4.79 Å². The quantitative estimate of drug-likeness (QED) is 0.466. The van der Waals surface area contributed by atoms with Crippen LogP contribution in [0.4, 0.5) is 0 Å². The lowest BCUT2D eigenvalue weighted by molar-refractivity contribution is -0.133. The van der Waals surface area contributed by atoms with E-state index in [2.05, 4.69) is 6.08 Å². The summed E-state index contributed by atoms with van der Waals surface area (Å²) in [5, 5.41) is 0. The summed E-state index contributed by atoms with van der Waals surface area (Å²) in [4.78, 5) is 11.3. The van der Waals surface area contributed by atoms with Crippen LogP contribution in [0.15, 0.2) is 12.2 Å². The molecule has 0 N–H and O–H groups in total. The zero-order chi connectivity index (χ0) is 7.03. The Bertz CT molecular complexity index is 187. The molecule has 0 heterocycles. The molecular formula is C9H12O. The van der Waals surface area contributed by atoms with Crippen LogP contribution < -0.4 is 0 Å². The number of Topliss-reactive ketones (excluding diaryl/α,β-unsaturated/α-hetero) is 1. The molecule has 2 rings (SSSR count). The predicted octanol–water partition coefficient (Wildman–Crippen LogP) is 2.08. The molecule has 0 atom stereocenters. The molecule has 0 bridgehead atoms. The molecule has 0 aromatic carbocycles. The van der Waals surface area contributed by atoms with E-state index in [1.807, 2.05) is 6.08 Å². The van der Waals surface area contributed by atoms with Crippen LogP contribution in [0.25, 0.3) is 0 Å². The predicted molar refractivity (Wildman–Crippen MR) is 39.7 cm³/mol. The van der Waals surface area contributed by atoms with E-state index in [1.54, 1.807) is 0 Å². The molecule has 0 aliphatic heterocycles. The summed E-state index contributed by atoms with van der Waals surface area (Å²) in [5.41, 5.74) is 0.134. The summed E-state index contributed by atoms with van der Waals surface area (Å²) >= 11 is 0. The summed E-state index contributed by atoms with van der Waals surface area (Å²) in [5.74, 6) is 0.487. The first kappa shape index (κ1) is 6.14. The van der Waals surface area contributed by atoms with Gasteiger partial charge in [0.05, 0.1) is 0 Å². The molecule has 1 saturated carbocycles. The molecule has 2 aliphatic rings. The maximum atomic E-state index is 11.3. The molecule has 2 aliphatic carbocycles. The molecule has 1 fully saturated rings. The highest BCUT2D eigenvalue weighted by atomic mass is 16.1. The minimum Gasteiger partial charge on any atom is -0.299 e. The third-order valence-electron chi connectivity index (χ3n) is 2.88. The molecule has 0 aromatic rings. The van der Waals surface area contributed by atoms with Gasteiger partial charge in [-0.25, -0.2) is 0 Å². The number of carbonyl (C=O) groups is 1. The fourth-order valence-corrected chi connectivity index (χ4v) is 1.92. The third-order valence-corrected chi connectivity index (χ3v) is 2.88. The maximum Gasteiger partial charge on any atom is 0.143 e. The second kappa shape index (κ2) is 1.94. The number of hydrogen-bond acceptors (Lipinski definition) is 1. The van der Waals surface area contributed by atoms with E-state index in [0.29, 0.717) is 12.2 Å². The molecule has 0 aromatic heterocycles. The lowest BCUT2D eigenvalue weighted by Gasteiger charge is -2.41. The van der Waals surface area contributed by atoms with Crippen LogP contribution in [0.3, 0.4) is 0 Å². The molecule has 1 nitrogen and oxygen atoms in total. The van der Waals surface area contributed by atoms with Crippen LogP contribution in [0.1, 0.15) is 32.1 Å². The van der Waals surface area contributed by atoms with Gasteiger partial charge in [-0.3, -0.25) is 4.79 Å². The van der Waals surface area contributed by atoms with Gasteiger partial charge < -0.3 is 0 Å². The number of carbonyl (C=O) groups excluding carboxylic acids is 1. The Morgan fingerprint density at radius 2 is 2.10 bits per heavy atom. The summed E-state index contributed by atoms with van der Waals surface area (Å²) in [6, 6.07) is 0. The van der Waals surface area contributed by atoms with E-state index in [-0.39, 0.29) is 5.41 Å². The van der Waals surface area contributed by atoms with E-state index in [4.69, 9.17) is 0 Å². The standard InChI is InChI=1S/C9H12O/c10-8-4-1-2-5-9(8)6-3-7-9/h1-2H,3-7H2. The summed E-state index contributed by atoms with van der Waals surface area (Å²) in [7, 11) is 0. The normalized spacial score (nSPS) is 28.6. The lowest BCUT2D eigenvalue weighted by atomic mass is 9.62. The molecule has 10 heavy (non-hydrogen) atoms. The molecule has 1 heteroatoms. The van der Waals surface area contributed by atoms with Crippen LogP contribution >= 0.6 is 0 Å². The average Bonchev–Trinajstić information content (AvgIpc) is 1.85. The molecule has 0 unspecified atom stereocenters. The Kier molecular flexibility index (Phi) is 1.19. The van der Waals surface area contributed by atoms with Gasteiger partial charge in [-0.2, -0.15) is 0 Å². The summed E-state index contributed by atoms with van der Waals surface area (Å²) in [6.45, 7) is 0. The molecule has 0 amide bonds. The van der Waals surface area contributed by atoms with Crippen LogP contribution in [0, 0.1) is 5.41 Å². The summed E-state index contributed by atoms with van der Waals surface area (Å²) in [6.07, 6.45) is 9.45. The van der Waals surface area contributed by atoms with Crippen LogP contribution in [-0.2, 0) is 4.79 Å². The van der Waals surface area contributed by atoms with Gasteiger partial charge in [0.15, 0.2) is 0 Å². The highest BCUT2D eigenvalue weighted by Crippen LogP contribution is 2.47. The van der Waals surface area contributed by atoms with Crippen LogP contribution in [-0.4, -0.2) is 5.78 Å². The largest absolute Gasteiger partial charge is 0.299 e. The Hall–Kier alpha value is -0.590. The van der Waals surface area contributed by atoms with Crippen molar-refractivity contribution >= 4 is 5.78 Å². The maximum absolute atomic E-state index is 11.3. The smallest absolute Gasteiger partial charge is 0.143 e. The Morgan fingerprint density at radius 1 is 1.30 bits per heavy atom. The highest BCUT2D eigenvalue weighted by Gasteiger charge is 2.42. The van der Waals surface area contributed by atoms with Gasteiger partial charge in [-0.05, 0) is 19.3 Å². The van der Waals surface area contributed by atoms with Gasteiger partial charge in [0.25, 0.3) is 0 Å². The van der Waals surface area contributed by atoms with Crippen LogP contribution in [0.2, 0.25) is 0 Å². The van der Waals surface area contributed by atoms with Gasteiger partial charge in [-0.15, -0.1) is 0 Å². The Labute approximate surface area is 61.1 Å². The fraction of sp³-hybridized carbons (Fsp3) is 0.667. The van der Waals surface area contributed by atoms with E-state index < -0.39 is 0 Å². The van der Waals surface area contributed by atoms with Crippen molar-refractivity contribution in [2.24, 2.45) is 5.41 Å². The molecular weight excluding hydrogens is 124 g/mol. The van der Waals surface area contributed by atoms with E-state index >= 15 is 0 Å². The minimum atomic E-state index is 0.134. The van der Waals surface area contributed by atoms with Crippen molar-refractivity contribution in [1.82, 2.24) is 0 Å². The number of allylic oxidation sites excluding steroid dienone is 2. The van der Waals surface area contributed by atoms with Gasteiger partial charge >= 0.3 is 0 Å². The topological polar surface area (TPSA) is 17.1 Å². The van der Waals surface area contributed by atoms with Crippen LogP contribution in [0.5, 0.6) is 0 Å². The highest BCUT2D eigenvalue weighted by molar-refractivity contribution is 5.88. The number of ketones is 1. The van der Waals surface area contributed by atoms with Gasteiger partial charge in [0.1, 0.15) is 5.78 Å². The molecule has 54 valence electrons. The lowest BCUT2D eigenvalue weighted by Crippen LogP contribution is -2.38. The zero-order valence-corrected chi connectivity index (χ0v) is 6.10. The average molecular weight is 136 g/mol. The minimum absolute atomic E-state index is 0.134. The van der Waals surface area contributed by atoms with Gasteiger partial charge in [0.2, 0.25) is 0 Å². The zero-order valence-electron chi connectivity index (χ0n) is 6.10. The number of rotatable bonds is 0. The first-order valence-corrected chi connectivity index (χ1v) is 4.02. The van der Waals surface area contributed by atoms with Crippen molar-refractivity contribution in [2.75, 3.05) is 0 Å². The van der Waals surface area contributed by atoms with Crippen molar-refractivity contribution in [1.29, 1.82) is 0 Å². The van der Waals surface area contributed by atoms with E-state index in [1.165, 1.54) is 6.42 Å². The Balaban J connectivity index is 2.20. The van der Waals surface area contributed by atoms with E-state index in [9.17, 15) is 4.79 Å². The van der Waals surface area contributed by atoms with Crippen molar-refractivity contribution in [2.45, 2.75) is 32.1 Å². The van der Waals surface area contributed by atoms with Crippen molar-refractivity contribution in [3.05, 3.63) is 12.2 Å². The second-order valence-electron chi connectivity index (χ2n) is 3.44. The monoisotopic (exact) mass is 136 g/mol. The SMILES string of the molecule is O=C1CC=CCC12CCC2. The number of hydrogen-bond donors (Lipinski definition) is 0. The Morgan fingerprint density at radius 3 is 2.50 bits per heavy atom. The second-order valence-corrected chi connectivity index (χ2v) is 3.44. The summed E-state index contributed by atoms with van der Waals surface area (Å²) < 4.78 is 0. The molecule has 0 saturated heterocycles. The van der Waals surface area contributed by atoms with E-state index in [0.717, 1.165) is 19.3 Å². The van der Waals surface area contributed by atoms with Gasteiger partial charge in [0, 0.05) is 11.8 Å². The molecule has 0 radical (unpaired) electrons. The van der Waals surface area contributed by atoms with Crippen molar-refractivity contribution in [3.8, 4) is 0 Å². The van der Waals surface area contributed by atoms with Crippen molar-refractivity contribution in [3.63, 3.8) is 0 Å². The third kappa shape index (κ3) is 0.664.